The zero-order valence-electron chi connectivity index (χ0n) is 18.9. The summed E-state index contributed by atoms with van der Waals surface area (Å²) in [5.41, 5.74) is -1.35. The molecule has 2 aliphatic rings. The van der Waals surface area contributed by atoms with Gasteiger partial charge < -0.3 is 0 Å². The van der Waals surface area contributed by atoms with Crippen LogP contribution in [-0.2, 0) is 0 Å². The Balaban J connectivity index is 2.33. The Morgan fingerprint density at radius 2 is 1.46 bits per heavy atom. The summed E-state index contributed by atoms with van der Waals surface area (Å²) >= 11 is -2.44. The van der Waals surface area contributed by atoms with E-state index in [9.17, 15) is 10.4 Å². The van der Waals surface area contributed by atoms with Crippen LogP contribution in [0.3, 0.4) is 0 Å². The van der Waals surface area contributed by atoms with Crippen molar-refractivity contribution >= 4 is 18.4 Å². The third-order valence-electron chi connectivity index (χ3n) is 7.73. The van der Waals surface area contributed by atoms with E-state index in [-0.39, 0.29) is 0 Å². The van der Waals surface area contributed by atoms with Crippen LogP contribution in [0, 0.1) is 22.7 Å². The van der Waals surface area contributed by atoms with E-state index in [1.165, 1.54) is 71.1 Å². The summed E-state index contributed by atoms with van der Waals surface area (Å²) in [6.07, 6.45) is 17.9. The van der Waals surface area contributed by atoms with Gasteiger partial charge in [0.25, 0.3) is 0 Å². The van der Waals surface area contributed by atoms with E-state index < -0.39 is 29.4 Å². The minimum atomic E-state index is -2.44. The van der Waals surface area contributed by atoms with E-state index in [0.717, 1.165) is 25.7 Å². The van der Waals surface area contributed by atoms with Gasteiger partial charge in [-0.15, -0.1) is 0 Å². The van der Waals surface area contributed by atoms with Gasteiger partial charge in [0.05, 0.1) is 0 Å². The van der Waals surface area contributed by atoms with Crippen LogP contribution in [-0.4, -0.2) is 29.1 Å². The number of aliphatic hydroxyl groups is 1. The Bertz CT molecular complexity index is 505. The van der Waals surface area contributed by atoms with Gasteiger partial charge in [-0.05, 0) is 0 Å². The Morgan fingerprint density at radius 3 is 1.86 bits per heavy atom. The zero-order valence-corrected chi connectivity index (χ0v) is 21.8. The zero-order chi connectivity index (χ0) is 20.5. The van der Waals surface area contributed by atoms with Crippen molar-refractivity contribution in [1.82, 2.24) is 0 Å². The third-order valence-corrected chi connectivity index (χ3v) is 21.8. The fourth-order valence-electron chi connectivity index (χ4n) is 5.47. The van der Waals surface area contributed by atoms with Crippen molar-refractivity contribution in [2.45, 2.75) is 123 Å². The second kappa shape index (κ2) is 11.4. The van der Waals surface area contributed by atoms with Gasteiger partial charge >= 0.3 is 179 Å². The Hall–Kier alpha value is -0.0113. The summed E-state index contributed by atoms with van der Waals surface area (Å²) in [6.45, 7) is 6.94. The van der Waals surface area contributed by atoms with Crippen LogP contribution in [0.25, 0.3) is 0 Å². The number of nitrogens with zero attached hydrogens (tertiary/aromatic N) is 1. The molecule has 2 nitrogen and oxygen atoms in total. The minimum absolute atomic E-state index is 0.298. The summed E-state index contributed by atoms with van der Waals surface area (Å²) in [7, 11) is 0. The van der Waals surface area contributed by atoms with Gasteiger partial charge in [-0.1, -0.05) is 0 Å². The predicted octanol–water partition coefficient (Wildman–Crippen LogP) is 7.55. The molecule has 0 aromatic heterocycles. The van der Waals surface area contributed by atoms with Gasteiger partial charge in [-0.2, -0.15) is 0 Å². The Morgan fingerprint density at radius 1 is 0.964 bits per heavy atom. The van der Waals surface area contributed by atoms with Crippen LogP contribution < -0.4 is 0 Å². The van der Waals surface area contributed by atoms with Crippen LogP contribution in [0.2, 0.25) is 13.3 Å². The van der Waals surface area contributed by atoms with E-state index in [4.69, 9.17) is 0 Å². The van der Waals surface area contributed by atoms with Crippen LogP contribution in [0.1, 0.15) is 104 Å². The average Bonchev–Trinajstić information content (AvgIpc) is 3.55. The first-order valence-electron chi connectivity index (χ1n) is 12.4. The van der Waals surface area contributed by atoms with Crippen molar-refractivity contribution in [2.24, 2.45) is 11.3 Å². The first-order chi connectivity index (χ1) is 13.5. The summed E-state index contributed by atoms with van der Waals surface area (Å²) in [4.78, 5) is 0. The van der Waals surface area contributed by atoms with Crippen molar-refractivity contribution < 1.29 is 5.11 Å². The molecule has 0 spiro atoms. The molecule has 0 aromatic rings. The normalized spacial score (nSPS) is 22.1. The molecule has 0 bridgehead atoms. The maximum atomic E-state index is 12.0. The molecule has 0 heterocycles. The standard InChI is InChI=1S/C13H18NO.3C4H9.Sn/c1-2-13(15,12(10-14)8-9-12)11-6-4-3-5-7-11;3*1-3-4-2;/h1-2,11,15H,3-9H2;3*1,3-4H2,2H3;. The van der Waals surface area contributed by atoms with Crippen LogP contribution in [0.5, 0.6) is 0 Å². The Kier molecular flexibility index (Phi) is 9.88. The number of hydrogen-bond donors (Lipinski definition) is 1. The second-order valence-electron chi connectivity index (χ2n) is 9.86. The van der Waals surface area contributed by atoms with Crippen LogP contribution in [0.15, 0.2) is 10.2 Å². The molecular formula is C25H45NOSn. The van der Waals surface area contributed by atoms with Crippen molar-refractivity contribution in [1.29, 1.82) is 5.26 Å². The molecule has 1 N–H and O–H groups in total. The van der Waals surface area contributed by atoms with E-state index in [1.807, 2.05) is 0 Å². The quantitative estimate of drug-likeness (QED) is 0.269. The van der Waals surface area contributed by atoms with E-state index in [1.54, 1.807) is 0 Å². The third kappa shape index (κ3) is 5.78. The summed E-state index contributed by atoms with van der Waals surface area (Å²) in [5.74, 6) is 0.298. The summed E-state index contributed by atoms with van der Waals surface area (Å²) in [6, 6.07) is 2.58. The molecule has 2 aliphatic carbocycles. The second-order valence-corrected chi connectivity index (χ2v) is 22.9. The maximum absolute atomic E-state index is 12.0. The fourth-order valence-corrected chi connectivity index (χ4v) is 19.8. The van der Waals surface area contributed by atoms with Gasteiger partial charge in [-0.3, -0.25) is 0 Å². The van der Waals surface area contributed by atoms with Gasteiger partial charge in [-0.25, -0.2) is 0 Å². The first-order valence-corrected chi connectivity index (χ1v) is 20.1. The molecule has 2 saturated carbocycles. The number of hydrogen-bond acceptors (Lipinski definition) is 2. The molecule has 28 heavy (non-hydrogen) atoms. The van der Waals surface area contributed by atoms with Crippen molar-refractivity contribution in [2.75, 3.05) is 0 Å². The van der Waals surface area contributed by atoms with Gasteiger partial charge in [0.15, 0.2) is 0 Å². The SMILES string of the molecule is CCC[CH2][Sn](/[CH]=C/C(O)(C1CCCCC1)C1(C#N)CC1)([CH2]CCC)[CH2]CCC. The molecule has 2 rings (SSSR count). The topological polar surface area (TPSA) is 44.0 Å². The molecular weight excluding hydrogens is 449 g/mol. The summed E-state index contributed by atoms with van der Waals surface area (Å²) < 4.78 is 6.92. The molecule has 160 valence electrons. The van der Waals surface area contributed by atoms with Crippen molar-refractivity contribution in [3.05, 3.63) is 10.2 Å². The Labute approximate surface area is 179 Å². The molecule has 1 unspecified atom stereocenters. The van der Waals surface area contributed by atoms with Gasteiger partial charge in [0, 0.05) is 0 Å². The predicted molar refractivity (Wildman–Crippen MR) is 123 cm³/mol. The van der Waals surface area contributed by atoms with Crippen LogP contribution in [0.4, 0.5) is 0 Å². The van der Waals surface area contributed by atoms with Gasteiger partial charge in [0.2, 0.25) is 0 Å². The van der Waals surface area contributed by atoms with Crippen molar-refractivity contribution in [3.63, 3.8) is 0 Å². The molecule has 0 saturated heterocycles. The van der Waals surface area contributed by atoms with Gasteiger partial charge in [0.1, 0.15) is 0 Å². The van der Waals surface area contributed by atoms with E-state index in [2.05, 4.69) is 37.0 Å². The summed E-state index contributed by atoms with van der Waals surface area (Å²) in [5, 5.41) is 21.9. The number of unbranched alkanes of at least 4 members (excludes halogenated alkanes) is 3. The molecule has 3 heteroatoms. The van der Waals surface area contributed by atoms with E-state index >= 15 is 0 Å². The molecule has 0 amide bonds. The van der Waals surface area contributed by atoms with E-state index in [0.29, 0.717) is 5.92 Å². The first kappa shape index (κ1) is 24.3. The van der Waals surface area contributed by atoms with Crippen molar-refractivity contribution in [3.8, 4) is 6.07 Å². The number of rotatable bonds is 13. The fraction of sp³-hybridized carbons (Fsp3) is 0.880. The number of nitriles is 1. The average molecular weight is 494 g/mol. The molecule has 0 aliphatic heterocycles. The molecule has 1 atom stereocenters. The van der Waals surface area contributed by atoms with Crippen LogP contribution >= 0.6 is 0 Å². The molecule has 0 radical (unpaired) electrons. The molecule has 2 fully saturated rings. The molecule has 0 aromatic carbocycles. The monoisotopic (exact) mass is 495 g/mol.